The van der Waals surface area contributed by atoms with Crippen molar-refractivity contribution >= 4 is 11.3 Å². The molecule has 0 fully saturated rings. The van der Waals surface area contributed by atoms with Crippen LogP contribution in [0.5, 0.6) is 0 Å². The lowest BCUT2D eigenvalue weighted by molar-refractivity contribution is 0.143. The van der Waals surface area contributed by atoms with E-state index in [0.717, 1.165) is 48.3 Å². The highest BCUT2D eigenvalue weighted by Crippen LogP contribution is 2.31. The molecule has 3 heteroatoms. The molecule has 0 spiro atoms. The zero-order valence-corrected chi connectivity index (χ0v) is 17.4. The van der Waals surface area contributed by atoms with Crippen LogP contribution in [-0.2, 0) is 12.8 Å². The van der Waals surface area contributed by atoms with Gasteiger partial charge in [-0.05, 0) is 64.5 Å². The minimum atomic E-state index is -1.01. The quantitative estimate of drug-likeness (QED) is 0.723. The summed E-state index contributed by atoms with van der Waals surface area (Å²) < 4.78 is 0. The van der Waals surface area contributed by atoms with E-state index in [1.807, 2.05) is 0 Å². The monoisotopic (exact) mass is 360 g/mol. The van der Waals surface area contributed by atoms with Crippen LogP contribution in [0.25, 0.3) is 0 Å². The smallest absolute Gasteiger partial charge is 0.120 e. The van der Waals surface area contributed by atoms with Crippen LogP contribution in [0.4, 0.5) is 0 Å². The molecule has 25 heavy (non-hydrogen) atoms. The first-order valence-corrected chi connectivity index (χ1v) is 10.0. The third-order valence-electron chi connectivity index (χ3n) is 3.64. The Hall–Kier alpha value is -1.26. The summed E-state index contributed by atoms with van der Waals surface area (Å²) in [6.45, 7) is 11.2. The van der Waals surface area contributed by atoms with Crippen LogP contribution in [0, 0.1) is 23.7 Å². The Balaban J connectivity index is 3.44. The second kappa shape index (κ2) is 9.44. The lowest BCUT2D eigenvalue weighted by Crippen LogP contribution is -2.14. The predicted molar refractivity (Wildman–Crippen MR) is 108 cm³/mol. The topological polar surface area (TPSA) is 40.5 Å². The minimum Gasteiger partial charge on any atom is -0.378 e. The van der Waals surface area contributed by atoms with Crippen LogP contribution in [0.2, 0.25) is 0 Å². The van der Waals surface area contributed by atoms with Gasteiger partial charge in [-0.1, -0.05) is 50.4 Å². The van der Waals surface area contributed by atoms with Crippen molar-refractivity contribution in [3.8, 4) is 23.7 Å². The molecule has 0 amide bonds. The summed E-state index contributed by atoms with van der Waals surface area (Å²) >= 11 is 1.60. The molecule has 0 atom stereocenters. The van der Waals surface area contributed by atoms with E-state index in [2.05, 4.69) is 37.5 Å². The van der Waals surface area contributed by atoms with Crippen molar-refractivity contribution in [3.63, 3.8) is 0 Å². The fraction of sp³-hybridized carbons (Fsp3) is 0.636. The van der Waals surface area contributed by atoms with Crippen molar-refractivity contribution in [1.82, 2.24) is 0 Å². The van der Waals surface area contributed by atoms with Gasteiger partial charge in [0.15, 0.2) is 0 Å². The Labute approximate surface area is 157 Å². The van der Waals surface area contributed by atoms with Crippen molar-refractivity contribution in [2.75, 3.05) is 0 Å². The molecule has 0 aromatic carbocycles. The van der Waals surface area contributed by atoms with Gasteiger partial charge in [-0.25, -0.2) is 0 Å². The molecule has 1 heterocycles. The summed E-state index contributed by atoms with van der Waals surface area (Å²) in [4.78, 5) is 2.03. The van der Waals surface area contributed by atoms with Crippen LogP contribution in [-0.4, -0.2) is 21.4 Å². The molecule has 0 saturated carbocycles. The van der Waals surface area contributed by atoms with E-state index in [1.165, 1.54) is 11.1 Å². The van der Waals surface area contributed by atoms with Crippen LogP contribution >= 0.6 is 11.3 Å². The second-order valence-corrected chi connectivity index (χ2v) is 8.56. The molecule has 0 aliphatic heterocycles. The average molecular weight is 361 g/mol. The largest absolute Gasteiger partial charge is 0.378 e. The highest BCUT2D eigenvalue weighted by atomic mass is 32.1. The van der Waals surface area contributed by atoms with Gasteiger partial charge in [0, 0.05) is 0 Å². The first-order chi connectivity index (χ1) is 11.6. The van der Waals surface area contributed by atoms with E-state index in [9.17, 15) is 10.2 Å². The van der Waals surface area contributed by atoms with Gasteiger partial charge in [-0.3, -0.25) is 0 Å². The molecule has 0 radical (unpaired) electrons. The number of hydrogen-bond acceptors (Lipinski definition) is 3. The fourth-order valence-corrected chi connectivity index (χ4v) is 3.46. The number of aliphatic hydroxyl groups is 2. The van der Waals surface area contributed by atoms with E-state index >= 15 is 0 Å². The van der Waals surface area contributed by atoms with E-state index in [0.29, 0.717) is 0 Å². The minimum absolute atomic E-state index is 0.992. The van der Waals surface area contributed by atoms with Gasteiger partial charge in [0.1, 0.15) is 11.2 Å². The number of unbranched alkanes of at least 4 members (excludes halogenated alkanes) is 2. The fourth-order valence-electron chi connectivity index (χ4n) is 2.36. The maximum Gasteiger partial charge on any atom is 0.120 e. The molecule has 1 aromatic rings. The van der Waals surface area contributed by atoms with Crippen molar-refractivity contribution < 1.29 is 10.2 Å². The van der Waals surface area contributed by atoms with Crippen LogP contribution in [0.15, 0.2) is 0 Å². The lowest BCUT2D eigenvalue weighted by atomic mass is 9.97. The standard InChI is InChI=1S/C22H32O2S/c1-7-9-11-17-18(12-10-8-2)20(14-16-22(5,6)24)25-19(17)13-15-21(3,4)23/h23-24H,7-12H2,1-6H3. The third kappa shape index (κ3) is 8.10. The maximum absolute atomic E-state index is 9.94. The van der Waals surface area contributed by atoms with E-state index < -0.39 is 11.2 Å². The summed E-state index contributed by atoms with van der Waals surface area (Å²) in [5.41, 5.74) is 0.567. The predicted octanol–water partition coefficient (Wildman–Crippen LogP) is 4.68. The summed E-state index contributed by atoms with van der Waals surface area (Å²) in [5, 5.41) is 19.9. The Morgan fingerprint density at radius 1 is 0.760 bits per heavy atom. The highest BCUT2D eigenvalue weighted by Gasteiger charge is 2.17. The van der Waals surface area contributed by atoms with Gasteiger partial charge in [0.2, 0.25) is 0 Å². The molecule has 1 rings (SSSR count). The number of hydrogen-bond donors (Lipinski definition) is 2. The molecule has 0 saturated heterocycles. The third-order valence-corrected chi connectivity index (χ3v) is 4.75. The summed E-state index contributed by atoms with van der Waals surface area (Å²) in [5.74, 6) is 12.3. The summed E-state index contributed by atoms with van der Waals surface area (Å²) in [6.07, 6.45) is 6.48. The Bertz CT molecular complexity index is 618. The van der Waals surface area contributed by atoms with Gasteiger partial charge in [0.05, 0.1) is 9.75 Å². The first-order valence-electron chi connectivity index (χ1n) is 9.23. The number of rotatable bonds is 6. The van der Waals surface area contributed by atoms with Crippen molar-refractivity contribution in [1.29, 1.82) is 0 Å². The van der Waals surface area contributed by atoms with Crippen molar-refractivity contribution in [2.45, 2.75) is 91.3 Å². The number of thiophene rings is 1. The van der Waals surface area contributed by atoms with Crippen LogP contribution in [0.1, 0.15) is 88.1 Å². The zero-order valence-electron chi connectivity index (χ0n) is 16.5. The Morgan fingerprint density at radius 3 is 1.40 bits per heavy atom. The van der Waals surface area contributed by atoms with Gasteiger partial charge < -0.3 is 10.2 Å². The molecule has 2 N–H and O–H groups in total. The SMILES string of the molecule is CCCCc1c(C#CC(C)(C)O)sc(C#CC(C)(C)O)c1CCCC. The maximum atomic E-state index is 9.94. The Morgan fingerprint density at radius 2 is 1.12 bits per heavy atom. The van der Waals surface area contributed by atoms with Crippen molar-refractivity contribution in [2.24, 2.45) is 0 Å². The molecule has 0 aliphatic rings. The van der Waals surface area contributed by atoms with Crippen LogP contribution in [0.3, 0.4) is 0 Å². The molecule has 0 aliphatic carbocycles. The van der Waals surface area contributed by atoms with E-state index in [1.54, 1.807) is 39.0 Å². The second-order valence-electron chi connectivity index (χ2n) is 7.54. The highest BCUT2D eigenvalue weighted by molar-refractivity contribution is 7.13. The molecular weight excluding hydrogens is 328 g/mol. The molecule has 0 bridgehead atoms. The van der Waals surface area contributed by atoms with Gasteiger partial charge in [-0.15, -0.1) is 11.3 Å². The summed E-state index contributed by atoms with van der Waals surface area (Å²) in [6, 6.07) is 0. The average Bonchev–Trinajstić information content (AvgIpc) is 2.82. The van der Waals surface area contributed by atoms with Gasteiger partial charge >= 0.3 is 0 Å². The van der Waals surface area contributed by atoms with E-state index in [-0.39, 0.29) is 0 Å². The molecular formula is C22H32O2S. The molecule has 138 valence electrons. The van der Waals surface area contributed by atoms with Crippen LogP contribution < -0.4 is 0 Å². The molecule has 1 aromatic heterocycles. The lowest BCUT2D eigenvalue weighted by Gasteiger charge is -2.08. The molecule has 0 unspecified atom stereocenters. The normalized spacial score (nSPS) is 11.5. The molecule has 2 nitrogen and oxygen atoms in total. The van der Waals surface area contributed by atoms with Crippen molar-refractivity contribution in [3.05, 3.63) is 20.9 Å². The van der Waals surface area contributed by atoms with E-state index in [4.69, 9.17) is 0 Å². The zero-order chi connectivity index (χ0) is 19.1. The first kappa shape index (κ1) is 21.8. The van der Waals surface area contributed by atoms with Gasteiger partial charge in [0.25, 0.3) is 0 Å². The van der Waals surface area contributed by atoms with Gasteiger partial charge in [-0.2, -0.15) is 0 Å². The summed E-state index contributed by atoms with van der Waals surface area (Å²) in [7, 11) is 0. The Kier molecular flexibility index (Phi) is 8.23.